The highest BCUT2D eigenvalue weighted by atomic mass is 79.9. The molecular weight excluding hydrogens is 475 g/mol. The quantitative estimate of drug-likeness (QED) is 0.568. The van der Waals surface area contributed by atoms with Crippen LogP contribution in [0, 0.1) is 5.82 Å². The second kappa shape index (κ2) is 6.51. The number of benzene rings is 2. The van der Waals surface area contributed by atoms with Crippen molar-refractivity contribution in [2.45, 2.75) is 0 Å². The van der Waals surface area contributed by atoms with Gasteiger partial charge in [0, 0.05) is 14.5 Å². The normalized spacial score (nSPS) is 10.4. The first-order chi connectivity index (χ1) is 9.40. The highest BCUT2D eigenvalue weighted by Gasteiger charge is 2.13. The molecule has 2 aromatic carbocycles. The molecule has 2 aromatic rings. The Balaban J connectivity index is 2.39. The summed E-state index contributed by atoms with van der Waals surface area (Å²) in [4.78, 5) is 0.146. The lowest BCUT2D eigenvalue weighted by Gasteiger charge is -2.12. The van der Waals surface area contributed by atoms with Crippen molar-refractivity contribution in [1.29, 1.82) is 0 Å². The molecule has 0 bridgehead atoms. The molecule has 0 heterocycles. The third-order valence-electron chi connectivity index (χ3n) is 2.55. The summed E-state index contributed by atoms with van der Waals surface area (Å²) in [6.07, 6.45) is 0. The largest absolute Gasteiger partial charge is 0.389 e. The predicted octanol–water partition coefficient (Wildman–Crippen LogP) is 5.49. The van der Waals surface area contributed by atoms with E-state index in [0.717, 1.165) is 14.6 Å². The smallest absolute Gasteiger partial charge is 0.161 e. The maximum Gasteiger partial charge on any atom is 0.161 e. The summed E-state index contributed by atoms with van der Waals surface area (Å²) in [6, 6.07) is 8.85. The Morgan fingerprint density at radius 3 is 2.35 bits per heavy atom. The van der Waals surface area contributed by atoms with E-state index in [1.54, 1.807) is 12.1 Å². The van der Waals surface area contributed by atoms with Crippen LogP contribution in [0.4, 0.5) is 15.8 Å². The molecule has 3 N–H and O–H groups in total. The molecule has 0 aromatic heterocycles. The molecule has 2 rings (SSSR count). The van der Waals surface area contributed by atoms with Crippen molar-refractivity contribution >= 4 is 76.4 Å². The first kappa shape index (κ1) is 15.9. The summed E-state index contributed by atoms with van der Waals surface area (Å²) in [7, 11) is 0. The van der Waals surface area contributed by atoms with Gasteiger partial charge in [-0.15, -0.1) is 0 Å². The first-order valence-corrected chi connectivity index (χ1v) is 8.18. The van der Waals surface area contributed by atoms with Gasteiger partial charge in [-0.1, -0.05) is 28.1 Å². The Hall–Kier alpha value is -0.500. The van der Waals surface area contributed by atoms with Gasteiger partial charge >= 0.3 is 0 Å². The number of anilines is 2. The Morgan fingerprint density at radius 1 is 1.10 bits per heavy atom. The fourth-order valence-electron chi connectivity index (χ4n) is 1.57. The third-order valence-corrected chi connectivity index (χ3v) is 4.69. The second-order valence-corrected chi connectivity index (χ2v) is 6.90. The minimum absolute atomic E-state index is 0.146. The molecule has 0 fully saturated rings. The maximum atomic E-state index is 14.3. The molecule has 0 aliphatic carbocycles. The van der Waals surface area contributed by atoms with E-state index in [1.807, 2.05) is 18.2 Å². The van der Waals surface area contributed by atoms with Gasteiger partial charge in [0.15, 0.2) is 5.82 Å². The van der Waals surface area contributed by atoms with E-state index in [-0.39, 0.29) is 9.46 Å². The fraction of sp³-hybridized carbons (Fsp3) is 0. The van der Waals surface area contributed by atoms with Gasteiger partial charge in [0.05, 0.1) is 15.8 Å². The van der Waals surface area contributed by atoms with Crippen molar-refractivity contribution in [3.05, 3.63) is 55.1 Å². The number of nitrogens with two attached hydrogens (primary N) is 1. The van der Waals surface area contributed by atoms with Crippen LogP contribution in [0.3, 0.4) is 0 Å². The lowest BCUT2D eigenvalue weighted by Crippen LogP contribution is -2.11. The van der Waals surface area contributed by atoms with Crippen LogP contribution in [0.5, 0.6) is 0 Å². The maximum absolute atomic E-state index is 14.3. The number of hydrogen-bond acceptors (Lipinski definition) is 2. The van der Waals surface area contributed by atoms with Crippen LogP contribution in [0.15, 0.2) is 43.7 Å². The second-order valence-electron chi connectivity index (χ2n) is 3.90. The van der Waals surface area contributed by atoms with Crippen LogP contribution in [-0.4, -0.2) is 4.99 Å². The van der Waals surface area contributed by atoms with Crippen LogP contribution in [0.1, 0.15) is 5.56 Å². The molecule has 0 spiro atoms. The minimum atomic E-state index is -0.440. The van der Waals surface area contributed by atoms with Crippen LogP contribution in [0.2, 0.25) is 0 Å². The SMILES string of the molecule is NC(=S)c1ccc(Nc2ccc(Br)cc2Br)c(F)c1Br. The Labute approximate surface area is 146 Å². The summed E-state index contributed by atoms with van der Waals surface area (Å²) in [5.74, 6) is -0.440. The van der Waals surface area contributed by atoms with E-state index in [2.05, 4.69) is 53.1 Å². The van der Waals surface area contributed by atoms with Crippen molar-refractivity contribution in [2.24, 2.45) is 5.73 Å². The lowest BCUT2D eigenvalue weighted by molar-refractivity contribution is 0.625. The molecule has 0 saturated carbocycles. The van der Waals surface area contributed by atoms with Crippen molar-refractivity contribution in [2.75, 3.05) is 5.32 Å². The van der Waals surface area contributed by atoms with Gasteiger partial charge in [-0.2, -0.15) is 0 Å². The van der Waals surface area contributed by atoms with E-state index >= 15 is 0 Å². The fourth-order valence-corrected chi connectivity index (χ4v) is 3.58. The van der Waals surface area contributed by atoms with Gasteiger partial charge in [-0.05, 0) is 62.2 Å². The molecule has 0 radical (unpaired) electrons. The van der Waals surface area contributed by atoms with Crippen molar-refractivity contribution < 1.29 is 4.39 Å². The number of halogens is 4. The summed E-state index contributed by atoms with van der Waals surface area (Å²) >= 11 is 14.8. The third kappa shape index (κ3) is 3.39. The van der Waals surface area contributed by atoms with Crippen molar-refractivity contribution in [3.63, 3.8) is 0 Å². The van der Waals surface area contributed by atoms with Crippen LogP contribution < -0.4 is 11.1 Å². The molecule has 104 valence electrons. The molecule has 0 atom stereocenters. The molecule has 0 aliphatic heterocycles. The van der Waals surface area contributed by atoms with Gasteiger partial charge in [-0.3, -0.25) is 0 Å². The zero-order valence-electron chi connectivity index (χ0n) is 9.88. The van der Waals surface area contributed by atoms with Gasteiger partial charge in [0.2, 0.25) is 0 Å². The van der Waals surface area contributed by atoms with E-state index in [4.69, 9.17) is 18.0 Å². The summed E-state index contributed by atoms with van der Waals surface area (Å²) in [6.45, 7) is 0. The van der Waals surface area contributed by atoms with E-state index in [9.17, 15) is 4.39 Å². The predicted molar refractivity (Wildman–Crippen MR) is 95.1 cm³/mol. The highest BCUT2D eigenvalue weighted by Crippen LogP contribution is 2.32. The zero-order valence-corrected chi connectivity index (χ0v) is 15.5. The molecule has 20 heavy (non-hydrogen) atoms. The molecule has 0 amide bonds. The summed E-state index contributed by atoms with van der Waals surface area (Å²) in [5, 5.41) is 3.02. The van der Waals surface area contributed by atoms with Gasteiger partial charge < -0.3 is 11.1 Å². The molecule has 0 aliphatic rings. The summed E-state index contributed by atoms with van der Waals surface area (Å²) in [5.41, 5.74) is 7.08. The monoisotopic (exact) mass is 480 g/mol. The van der Waals surface area contributed by atoms with E-state index in [0.29, 0.717) is 11.3 Å². The average Bonchev–Trinajstić information content (AvgIpc) is 2.37. The average molecular weight is 483 g/mol. The van der Waals surface area contributed by atoms with Gasteiger partial charge in [0.1, 0.15) is 4.99 Å². The molecule has 7 heteroatoms. The minimum Gasteiger partial charge on any atom is -0.389 e. The van der Waals surface area contributed by atoms with Crippen LogP contribution >= 0.6 is 60.0 Å². The number of thiocarbonyl (C=S) groups is 1. The molecule has 2 nitrogen and oxygen atoms in total. The number of hydrogen-bond donors (Lipinski definition) is 2. The number of rotatable bonds is 3. The zero-order chi connectivity index (χ0) is 14.9. The van der Waals surface area contributed by atoms with Gasteiger partial charge in [-0.25, -0.2) is 4.39 Å². The number of nitrogens with one attached hydrogen (secondary N) is 1. The van der Waals surface area contributed by atoms with E-state index in [1.165, 1.54) is 0 Å². The Morgan fingerprint density at radius 2 is 1.75 bits per heavy atom. The Bertz CT molecular complexity index is 692. The van der Waals surface area contributed by atoms with Gasteiger partial charge in [0.25, 0.3) is 0 Å². The summed E-state index contributed by atoms with van der Waals surface area (Å²) < 4.78 is 16.3. The van der Waals surface area contributed by atoms with Crippen LogP contribution in [0.25, 0.3) is 0 Å². The molecular formula is C13H8Br3FN2S. The molecule has 0 saturated heterocycles. The highest BCUT2D eigenvalue weighted by molar-refractivity contribution is 9.11. The van der Waals surface area contributed by atoms with Crippen LogP contribution in [-0.2, 0) is 0 Å². The lowest BCUT2D eigenvalue weighted by atomic mass is 10.2. The standard InChI is InChI=1S/C13H8Br3FN2S/c14-6-1-3-9(8(15)5-6)19-10-4-2-7(13(18)20)11(16)12(10)17/h1-5,19H,(H2,18,20). The topological polar surface area (TPSA) is 38.0 Å². The van der Waals surface area contributed by atoms with Crippen molar-refractivity contribution in [1.82, 2.24) is 0 Å². The van der Waals surface area contributed by atoms with Crippen molar-refractivity contribution in [3.8, 4) is 0 Å². The first-order valence-electron chi connectivity index (χ1n) is 5.40. The van der Waals surface area contributed by atoms with E-state index < -0.39 is 5.82 Å². The molecule has 0 unspecified atom stereocenters. The Kier molecular flexibility index (Phi) is 5.17.